The van der Waals surface area contributed by atoms with Gasteiger partial charge in [-0.05, 0) is 56.2 Å². The van der Waals surface area contributed by atoms with Gasteiger partial charge in [0.05, 0.1) is 6.10 Å². The summed E-state index contributed by atoms with van der Waals surface area (Å²) in [5, 5.41) is 2.87. The van der Waals surface area contributed by atoms with E-state index in [1.165, 1.54) is 0 Å². The Morgan fingerprint density at radius 3 is 2.40 bits per heavy atom. The number of rotatable bonds is 7. The number of benzene rings is 2. The van der Waals surface area contributed by atoms with Crippen molar-refractivity contribution < 1.29 is 19.1 Å². The second-order valence-electron chi connectivity index (χ2n) is 5.79. The number of carbonyl (C=O) groups excluding carboxylic acids is 2. The molecular formula is C20H23NO4. The van der Waals surface area contributed by atoms with E-state index in [-0.39, 0.29) is 18.6 Å². The molecule has 0 spiro atoms. The first-order valence-corrected chi connectivity index (χ1v) is 8.29. The first-order chi connectivity index (χ1) is 12.0. The number of nitrogens with one attached hydrogen (secondary N) is 1. The summed E-state index contributed by atoms with van der Waals surface area (Å²) >= 11 is 0. The lowest BCUT2D eigenvalue weighted by Crippen LogP contribution is -2.20. The molecular weight excluding hydrogens is 318 g/mol. The lowest BCUT2D eigenvalue weighted by Gasteiger charge is -2.12. The van der Waals surface area contributed by atoms with E-state index in [9.17, 15) is 9.59 Å². The van der Waals surface area contributed by atoms with Crippen molar-refractivity contribution in [2.24, 2.45) is 0 Å². The minimum Gasteiger partial charge on any atom is -0.482 e. The molecule has 0 bridgehead atoms. The van der Waals surface area contributed by atoms with Gasteiger partial charge in [-0.2, -0.15) is 0 Å². The molecule has 0 aliphatic carbocycles. The number of ether oxygens (including phenoxy) is 2. The number of carbonyl (C=O) groups is 2. The van der Waals surface area contributed by atoms with Crippen LogP contribution in [0.15, 0.2) is 48.5 Å². The van der Waals surface area contributed by atoms with Gasteiger partial charge < -0.3 is 14.8 Å². The van der Waals surface area contributed by atoms with Gasteiger partial charge in [-0.1, -0.05) is 25.1 Å². The molecule has 0 heterocycles. The maximum absolute atomic E-state index is 12.3. The van der Waals surface area contributed by atoms with Gasteiger partial charge in [0.2, 0.25) is 0 Å². The van der Waals surface area contributed by atoms with Gasteiger partial charge in [0, 0.05) is 11.3 Å². The molecule has 2 aromatic rings. The summed E-state index contributed by atoms with van der Waals surface area (Å²) in [5.74, 6) is -0.0960. The molecule has 25 heavy (non-hydrogen) atoms. The molecule has 1 unspecified atom stereocenters. The van der Waals surface area contributed by atoms with Gasteiger partial charge in [-0.25, -0.2) is 4.79 Å². The zero-order valence-corrected chi connectivity index (χ0v) is 14.7. The lowest BCUT2D eigenvalue weighted by atomic mass is 10.1. The predicted octanol–water partition coefficient (Wildman–Crippen LogP) is 3.97. The summed E-state index contributed by atoms with van der Waals surface area (Å²) < 4.78 is 10.5. The van der Waals surface area contributed by atoms with Gasteiger partial charge in [-0.3, -0.25) is 4.79 Å². The Labute approximate surface area is 148 Å². The largest absolute Gasteiger partial charge is 0.482 e. The smallest absolute Gasteiger partial charge is 0.344 e. The average Bonchev–Trinajstić information content (AvgIpc) is 2.62. The van der Waals surface area contributed by atoms with Crippen LogP contribution in [0.2, 0.25) is 0 Å². The van der Waals surface area contributed by atoms with E-state index >= 15 is 0 Å². The van der Waals surface area contributed by atoms with Gasteiger partial charge in [0.15, 0.2) is 6.61 Å². The van der Waals surface area contributed by atoms with Crippen LogP contribution in [0.25, 0.3) is 0 Å². The third kappa shape index (κ3) is 5.64. The first-order valence-electron chi connectivity index (χ1n) is 8.29. The van der Waals surface area contributed by atoms with Crippen molar-refractivity contribution in [3.8, 4) is 5.75 Å². The van der Waals surface area contributed by atoms with Crippen LogP contribution in [0, 0.1) is 6.92 Å². The molecule has 0 saturated heterocycles. The number of esters is 1. The van der Waals surface area contributed by atoms with Crippen molar-refractivity contribution in [3.05, 3.63) is 59.7 Å². The van der Waals surface area contributed by atoms with Crippen LogP contribution in [0.5, 0.6) is 5.75 Å². The molecule has 5 nitrogen and oxygen atoms in total. The summed E-state index contributed by atoms with van der Waals surface area (Å²) in [6.45, 7) is 5.56. The summed E-state index contributed by atoms with van der Waals surface area (Å²) in [6.07, 6.45) is 0.639. The monoisotopic (exact) mass is 341 g/mol. The highest BCUT2D eigenvalue weighted by atomic mass is 16.6. The van der Waals surface area contributed by atoms with Crippen LogP contribution in [-0.2, 0) is 9.53 Å². The molecule has 1 atom stereocenters. The Morgan fingerprint density at radius 2 is 1.76 bits per heavy atom. The third-order valence-electron chi connectivity index (χ3n) is 3.77. The Balaban J connectivity index is 1.90. The molecule has 1 amide bonds. The van der Waals surface area contributed by atoms with Gasteiger partial charge in [0.1, 0.15) is 5.75 Å². The third-order valence-corrected chi connectivity index (χ3v) is 3.77. The Morgan fingerprint density at radius 1 is 1.08 bits per heavy atom. The van der Waals surface area contributed by atoms with Crippen molar-refractivity contribution in [1.82, 2.24) is 0 Å². The number of aryl methyl sites for hydroxylation is 1. The number of amides is 1. The minimum atomic E-state index is -0.407. The first kappa shape index (κ1) is 18.5. The van der Waals surface area contributed by atoms with Gasteiger partial charge in [0.25, 0.3) is 5.91 Å². The van der Waals surface area contributed by atoms with Crippen LogP contribution < -0.4 is 10.1 Å². The molecule has 1 N–H and O–H groups in total. The molecule has 5 heteroatoms. The maximum atomic E-state index is 12.3. The standard InChI is InChI=1S/C20H23NO4/c1-4-15(3)25-19(22)13-24-17-11-9-16(10-12-17)20(23)21-18-8-6-5-7-14(18)2/h5-12,15H,4,13H2,1-3H3,(H,21,23). The highest BCUT2D eigenvalue weighted by Crippen LogP contribution is 2.17. The number of hydrogen-bond acceptors (Lipinski definition) is 4. The highest BCUT2D eigenvalue weighted by Gasteiger charge is 2.10. The van der Waals surface area contributed by atoms with E-state index in [1.807, 2.05) is 45.0 Å². The fourth-order valence-corrected chi connectivity index (χ4v) is 2.09. The molecule has 0 saturated carbocycles. The van der Waals surface area contributed by atoms with Crippen LogP contribution in [0.4, 0.5) is 5.69 Å². The molecule has 0 aliphatic rings. The SMILES string of the molecule is CCC(C)OC(=O)COc1ccc(C(=O)Nc2ccccc2C)cc1. The minimum absolute atomic E-state index is 0.122. The van der Waals surface area contributed by atoms with E-state index in [2.05, 4.69) is 5.32 Å². The molecule has 2 rings (SSSR count). The fraction of sp³-hybridized carbons (Fsp3) is 0.300. The van der Waals surface area contributed by atoms with Crippen molar-refractivity contribution in [1.29, 1.82) is 0 Å². The number of anilines is 1. The molecule has 0 fully saturated rings. The summed E-state index contributed by atoms with van der Waals surface area (Å²) in [6, 6.07) is 14.2. The van der Waals surface area contributed by atoms with Crippen LogP contribution in [-0.4, -0.2) is 24.6 Å². The molecule has 2 aromatic carbocycles. The van der Waals surface area contributed by atoms with E-state index in [1.54, 1.807) is 24.3 Å². The molecule has 0 aromatic heterocycles. The summed E-state index contributed by atoms with van der Waals surface area (Å²) in [5.41, 5.74) is 2.29. The predicted molar refractivity (Wildman–Crippen MR) is 96.9 cm³/mol. The van der Waals surface area contributed by atoms with Crippen LogP contribution in [0.1, 0.15) is 36.2 Å². The summed E-state index contributed by atoms with van der Waals surface area (Å²) in [7, 11) is 0. The van der Waals surface area contributed by atoms with Crippen LogP contribution >= 0.6 is 0 Å². The average molecular weight is 341 g/mol. The Hall–Kier alpha value is -2.82. The quantitative estimate of drug-likeness (QED) is 0.774. The molecule has 0 aliphatic heterocycles. The number of para-hydroxylation sites is 1. The fourth-order valence-electron chi connectivity index (χ4n) is 2.09. The van der Waals surface area contributed by atoms with Gasteiger partial charge >= 0.3 is 5.97 Å². The van der Waals surface area contributed by atoms with Crippen molar-refractivity contribution in [2.45, 2.75) is 33.3 Å². The van der Waals surface area contributed by atoms with E-state index in [0.717, 1.165) is 17.7 Å². The molecule has 132 valence electrons. The zero-order valence-electron chi connectivity index (χ0n) is 14.7. The molecule has 0 radical (unpaired) electrons. The number of hydrogen-bond donors (Lipinski definition) is 1. The van der Waals surface area contributed by atoms with E-state index in [0.29, 0.717) is 11.3 Å². The normalized spacial score (nSPS) is 11.5. The van der Waals surface area contributed by atoms with E-state index in [4.69, 9.17) is 9.47 Å². The second kappa shape index (κ2) is 8.87. The topological polar surface area (TPSA) is 64.6 Å². The van der Waals surface area contributed by atoms with Gasteiger partial charge in [-0.15, -0.1) is 0 Å². The van der Waals surface area contributed by atoms with E-state index < -0.39 is 5.97 Å². The zero-order chi connectivity index (χ0) is 18.2. The highest BCUT2D eigenvalue weighted by molar-refractivity contribution is 6.04. The lowest BCUT2D eigenvalue weighted by molar-refractivity contribution is -0.150. The van der Waals surface area contributed by atoms with Crippen molar-refractivity contribution >= 4 is 17.6 Å². The second-order valence-corrected chi connectivity index (χ2v) is 5.79. The van der Waals surface area contributed by atoms with Crippen LogP contribution in [0.3, 0.4) is 0 Å². The Kier molecular flexibility index (Phi) is 6.57. The Bertz CT molecular complexity index is 725. The van der Waals surface area contributed by atoms with Crippen molar-refractivity contribution in [3.63, 3.8) is 0 Å². The maximum Gasteiger partial charge on any atom is 0.344 e. The van der Waals surface area contributed by atoms with Crippen molar-refractivity contribution in [2.75, 3.05) is 11.9 Å². The summed E-state index contributed by atoms with van der Waals surface area (Å²) in [4.78, 5) is 23.9.